The van der Waals surface area contributed by atoms with Crippen molar-refractivity contribution in [2.24, 2.45) is 5.10 Å². The predicted octanol–water partition coefficient (Wildman–Crippen LogP) is 6.03. The largest absolute Gasteiger partial charge is 0.462 e. The third-order valence-electron chi connectivity index (χ3n) is 3.90. The number of amides is 1. The summed E-state index contributed by atoms with van der Waals surface area (Å²) < 4.78 is 11.4. The number of nitrogens with zero attached hydrogens (tertiary/aromatic N) is 1. The highest BCUT2D eigenvalue weighted by atomic mass is 79.9. The Morgan fingerprint density at radius 3 is 2.68 bits per heavy atom. The molecule has 3 aromatic rings. The Morgan fingerprint density at radius 1 is 1.19 bits per heavy atom. The van der Waals surface area contributed by atoms with Crippen LogP contribution >= 0.6 is 39.1 Å². The molecule has 2 aromatic carbocycles. The highest BCUT2D eigenvalue weighted by Gasteiger charge is 2.25. The molecule has 0 spiro atoms. The summed E-state index contributed by atoms with van der Waals surface area (Å²) in [6.45, 7) is 1.83. The summed E-state index contributed by atoms with van der Waals surface area (Å²) in [7, 11) is 0. The minimum absolute atomic E-state index is 0.00192. The molecule has 0 aliphatic carbocycles. The van der Waals surface area contributed by atoms with Gasteiger partial charge in [0, 0.05) is 15.2 Å². The van der Waals surface area contributed by atoms with Gasteiger partial charge in [-0.05, 0) is 53.2 Å². The molecule has 0 bridgehead atoms. The highest BCUT2D eigenvalue weighted by molar-refractivity contribution is 9.10. The molecule has 0 atom stereocenters. The van der Waals surface area contributed by atoms with Gasteiger partial charge in [0.25, 0.3) is 5.91 Å². The van der Waals surface area contributed by atoms with E-state index in [1.807, 2.05) is 0 Å². The van der Waals surface area contributed by atoms with Crippen LogP contribution in [0.1, 0.15) is 33.4 Å². The predicted molar refractivity (Wildman–Crippen MR) is 124 cm³/mol. The van der Waals surface area contributed by atoms with E-state index in [9.17, 15) is 9.59 Å². The molecule has 10 heteroatoms. The number of rotatable bonds is 7. The number of carbonyl (C=O) groups is 2. The SMILES string of the molecule is CCOC(=O)c1c(Nc2cccc(Cl)c2)oc(/C=N\NC(=O)c2ccccc2Br)c1Cl. The maximum atomic E-state index is 12.4. The number of hydrogen-bond donors (Lipinski definition) is 2. The molecule has 0 saturated heterocycles. The zero-order valence-corrected chi connectivity index (χ0v) is 19.2. The summed E-state index contributed by atoms with van der Waals surface area (Å²) in [5.41, 5.74) is 3.37. The second-order valence-electron chi connectivity index (χ2n) is 6.02. The van der Waals surface area contributed by atoms with Gasteiger partial charge in [0.1, 0.15) is 10.6 Å². The van der Waals surface area contributed by atoms with E-state index in [1.54, 1.807) is 55.5 Å². The van der Waals surface area contributed by atoms with Crippen molar-refractivity contribution in [2.75, 3.05) is 11.9 Å². The number of esters is 1. The molecule has 0 aliphatic heterocycles. The Labute approximate surface area is 196 Å². The fourth-order valence-electron chi connectivity index (χ4n) is 2.54. The standard InChI is InChI=1S/C21H16BrCl2N3O4/c1-2-30-21(29)17-18(24)16(31-20(17)26-13-7-5-6-12(23)10-13)11-25-27-19(28)14-8-3-4-9-15(14)22/h3-11,26H,2H2,1H3,(H,27,28)/b25-11-. The quantitative estimate of drug-likeness (QED) is 0.223. The molecule has 1 amide bonds. The van der Waals surface area contributed by atoms with E-state index in [0.717, 1.165) is 0 Å². The summed E-state index contributed by atoms with van der Waals surface area (Å²) in [6, 6.07) is 13.7. The average Bonchev–Trinajstić information content (AvgIpc) is 3.03. The lowest BCUT2D eigenvalue weighted by Crippen LogP contribution is -2.18. The van der Waals surface area contributed by atoms with Crippen LogP contribution in [0.15, 0.2) is 62.5 Å². The number of nitrogens with one attached hydrogen (secondary N) is 2. The molecular weight excluding hydrogens is 509 g/mol. The third kappa shape index (κ3) is 5.66. The summed E-state index contributed by atoms with van der Waals surface area (Å²) in [4.78, 5) is 24.7. The van der Waals surface area contributed by atoms with Crippen LogP contribution in [0.25, 0.3) is 0 Å². The van der Waals surface area contributed by atoms with Crippen LogP contribution in [0.5, 0.6) is 0 Å². The molecule has 31 heavy (non-hydrogen) atoms. The number of carbonyl (C=O) groups excluding carboxylic acids is 2. The van der Waals surface area contributed by atoms with Gasteiger partial charge in [-0.3, -0.25) is 4.79 Å². The Bertz CT molecular complexity index is 1150. The number of hydrazone groups is 1. The lowest BCUT2D eigenvalue weighted by molar-refractivity contribution is 0.0527. The summed E-state index contributed by atoms with van der Waals surface area (Å²) >= 11 is 15.7. The number of anilines is 2. The first-order chi connectivity index (χ1) is 14.9. The van der Waals surface area contributed by atoms with Crippen molar-refractivity contribution in [3.8, 4) is 0 Å². The van der Waals surface area contributed by atoms with E-state index in [4.69, 9.17) is 32.4 Å². The highest BCUT2D eigenvalue weighted by Crippen LogP contribution is 2.34. The van der Waals surface area contributed by atoms with Crippen molar-refractivity contribution >= 4 is 68.8 Å². The van der Waals surface area contributed by atoms with E-state index in [2.05, 4.69) is 31.8 Å². The Morgan fingerprint density at radius 2 is 1.97 bits per heavy atom. The third-order valence-corrected chi connectivity index (χ3v) is 5.21. The van der Waals surface area contributed by atoms with Gasteiger partial charge >= 0.3 is 5.97 Å². The van der Waals surface area contributed by atoms with Crippen molar-refractivity contribution in [2.45, 2.75) is 6.92 Å². The second-order valence-corrected chi connectivity index (χ2v) is 7.69. The zero-order chi connectivity index (χ0) is 22.4. The first-order valence-electron chi connectivity index (χ1n) is 9.00. The Balaban J connectivity index is 1.86. The first-order valence-corrected chi connectivity index (χ1v) is 10.6. The van der Waals surface area contributed by atoms with Crippen LogP contribution < -0.4 is 10.7 Å². The van der Waals surface area contributed by atoms with Crippen molar-refractivity contribution in [3.63, 3.8) is 0 Å². The molecule has 0 aliphatic rings. The van der Waals surface area contributed by atoms with Gasteiger partial charge in [-0.1, -0.05) is 41.4 Å². The molecule has 7 nitrogen and oxygen atoms in total. The van der Waals surface area contributed by atoms with Gasteiger partial charge in [0.2, 0.25) is 5.88 Å². The van der Waals surface area contributed by atoms with E-state index >= 15 is 0 Å². The smallest absolute Gasteiger partial charge is 0.345 e. The van der Waals surface area contributed by atoms with Gasteiger partial charge in [0.05, 0.1) is 18.4 Å². The van der Waals surface area contributed by atoms with E-state index < -0.39 is 11.9 Å². The molecule has 0 radical (unpaired) electrons. The molecule has 0 saturated carbocycles. The second kappa shape index (κ2) is 10.5. The molecule has 1 heterocycles. The average molecular weight is 525 g/mol. The minimum Gasteiger partial charge on any atom is -0.462 e. The monoisotopic (exact) mass is 523 g/mol. The maximum absolute atomic E-state index is 12.4. The van der Waals surface area contributed by atoms with Gasteiger partial charge in [-0.25, -0.2) is 10.2 Å². The minimum atomic E-state index is -0.669. The number of benzene rings is 2. The van der Waals surface area contributed by atoms with Gasteiger partial charge in [-0.2, -0.15) is 5.10 Å². The van der Waals surface area contributed by atoms with Crippen molar-refractivity contribution < 1.29 is 18.7 Å². The van der Waals surface area contributed by atoms with Crippen molar-refractivity contribution in [1.82, 2.24) is 5.43 Å². The summed E-state index contributed by atoms with van der Waals surface area (Å²) in [6.07, 6.45) is 1.20. The van der Waals surface area contributed by atoms with E-state index in [0.29, 0.717) is 20.7 Å². The van der Waals surface area contributed by atoms with E-state index in [1.165, 1.54) is 6.21 Å². The van der Waals surface area contributed by atoms with Crippen LogP contribution in [0.2, 0.25) is 10.0 Å². The van der Waals surface area contributed by atoms with Crippen molar-refractivity contribution in [1.29, 1.82) is 0 Å². The fraction of sp³-hybridized carbons (Fsp3) is 0.0952. The molecular formula is C21H16BrCl2N3O4. The van der Waals surface area contributed by atoms with E-state index in [-0.39, 0.29) is 28.8 Å². The summed E-state index contributed by atoms with van der Waals surface area (Å²) in [5.74, 6) is -0.988. The molecule has 2 N–H and O–H groups in total. The van der Waals surface area contributed by atoms with Gasteiger partial charge < -0.3 is 14.5 Å². The lowest BCUT2D eigenvalue weighted by atomic mass is 10.2. The molecule has 160 valence electrons. The normalized spacial score (nSPS) is 10.8. The van der Waals surface area contributed by atoms with Gasteiger partial charge in [0.15, 0.2) is 5.76 Å². The topological polar surface area (TPSA) is 92.9 Å². The van der Waals surface area contributed by atoms with Crippen LogP contribution in [0.3, 0.4) is 0 Å². The van der Waals surface area contributed by atoms with Crippen LogP contribution in [0.4, 0.5) is 11.6 Å². The molecule has 0 unspecified atom stereocenters. The van der Waals surface area contributed by atoms with Crippen LogP contribution in [-0.4, -0.2) is 24.7 Å². The van der Waals surface area contributed by atoms with Gasteiger partial charge in [-0.15, -0.1) is 0 Å². The zero-order valence-electron chi connectivity index (χ0n) is 16.1. The molecule has 0 fully saturated rings. The van der Waals surface area contributed by atoms with Crippen LogP contribution in [0, 0.1) is 0 Å². The Kier molecular flexibility index (Phi) is 7.73. The number of furan rings is 1. The molecule has 1 aromatic heterocycles. The fourth-order valence-corrected chi connectivity index (χ4v) is 3.44. The number of hydrogen-bond acceptors (Lipinski definition) is 6. The first kappa shape index (κ1) is 22.9. The van der Waals surface area contributed by atoms with Crippen LogP contribution in [-0.2, 0) is 4.74 Å². The summed E-state index contributed by atoms with van der Waals surface area (Å²) in [5, 5.41) is 7.32. The lowest BCUT2D eigenvalue weighted by Gasteiger charge is -2.06. The molecule has 3 rings (SSSR count). The maximum Gasteiger partial charge on any atom is 0.345 e. The number of ether oxygens (including phenoxy) is 1. The number of halogens is 3. The van der Waals surface area contributed by atoms with Crippen molar-refractivity contribution in [3.05, 3.63) is 79.9 Å². The Hall–Kier alpha value is -2.81.